The summed E-state index contributed by atoms with van der Waals surface area (Å²) < 4.78 is 2.00. The van der Waals surface area contributed by atoms with Gasteiger partial charge in [-0.2, -0.15) is 0 Å². The first kappa shape index (κ1) is 11.4. The maximum atomic E-state index is 7.41. The van der Waals surface area contributed by atoms with E-state index >= 15 is 0 Å². The first-order valence-electron chi connectivity index (χ1n) is 5.48. The highest BCUT2D eigenvalue weighted by molar-refractivity contribution is 5.88. The van der Waals surface area contributed by atoms with Gasteiger partial charge in [-0.15, -0.1) is 0 Å². The smallest absolute Gasteiger partial charge is 0.139 e. The molecule has 2 aromatic rings. The number of aryl methyl sites for hydroxylation is 2. The molecule has 0 radical (unpaired) electrons. The van der Waals surface area contributed by atoms with Crippen molar-refractivity contribution in [3.63, 3.8) is 0 Å². The molecule has 0 saturated heterocycles. The van der Waals surface area contributed by atoms with Gasteiger partial charge in [-0.1, -0.05) is 0 Å². The number of nitrogens with one attached hydrogen (secondary N) is 2. The summed E-state index contributed by atoms with van der Waals surface area (Å²) in [6, 6.07) is 5.96. The van der Waals surface area contributed by atoms with Crippen molar-refractivity contribution in [2.75, 3.05) is 12.4 Å². The van der Waals surface area contributed by atoms with Crippen molar-refractivity contribution >= 4 is 11.9 Å². The van der Waals surface area contributed by atoms with Crippen molar-refractivity contribution in [3.05, 3.63) is 35.7 Å². The van der Waals surface area contributed by atoms with Gasteiger partial charge in [-0.3, -0.25) is 0 Å². The molecule has 4 nitrogen and oxygen atoms in total. The summed E-state index contributed by atoms with van der Waals surface area (Å²) >= 11 is 0. The Balaban J connectivity index is 2.53. The highest BCUT2D eigenvalue weighted by Gasteiger charge is 2.07. The van der Waals surface area contributed by atoms with E-state index in [9.17, 15) is 0 Å². The van der Waals surface area contributed by atoms with Crippen LogP contribution in [0.3, 0.4) is 0 Å². The lowest BCUT2D eigenvalue weighted by molar-refractivity contribution is 0.924. The molecule has 0 unspecified atom stereocenters. The lowest BCUT2D eigenvalue weighted by atomic mass is 10.1. The number of anilines is 1. The van der Waals surface area contributed by atoms with Crippen molar-refractivity contribution in [3.8, 4) is 11.4 Å². The van der Waals surface area contributed by atoms with Crippen LogP contribution in [-0.4, -0.2) is 22.8 Å². The summed E-state index contributed by atoms with van der Waals surface area (Å²) in [5.74, 6) is 0.924. The first-order valence-corrected chi connectivity index (χ1v) is 5.48. The van der Waals surface area contributed by atoms with E-state index in [4.69, 9.17) is 5.41 Å². The van der Waals surface area contributed by atoms with Gasteiger partial charge < -0.3 is 15.3 Å². The highest BCUT2D eigenvalue weighted by Crippen LogP contribution is 2.23. The van der Waals surface area contributed by atoms with Crippen LogP contribution in [0, 0.1) is 12.3 Å². The Kier molecular flexibility index (Phi) is 2.95. The molecule has 88 valence electrons. The summed E-state index contributed by atoms with van der Waals surface area (Å²) in [4.78, 5) is 4.48. The van der Waals surface area contributed by atoms with E-state index in [0.717, 1.165) is 28.3 Å². The van der Waals surface area contributed by atoms with E-state index in [1.54, 1.807) is 0 Å². The SMILES string of the molecule is CNc1ccc(-c2nc(C)cn2C)cc1C=N. The Labute approximate surface area is 101 Å². The number of imidazole rings is 1. The van der Waals surface area contributed by atoms with E-state index in [1.807, 2.05) is 50.0 Å². The quantitative estimate of drug-likeness (QED) is 0.793. The molecule has 4 heteroatoms. The van der Waals surface area contributed by atoms with Gasteiger partial charge in [0.1, 0.15) is 5.82 Å². The molecule has 0 saturated carbocycles. The van der Waals surface area contributed by atoms with Crippen LogP contribution in [0.1, 0.15) is 11.3 Å². The second-order valence-electron chi connectivity index (χ2n) is 4.01. The molecular formula is C13H16N4. The van der Waals surface area contributed by atoms with Gasteiger partial charge >= 0.3 is 0 Å². The van der Waals surface area contributed by atoms with Crippen LogP contribution >= 0.6 is 0 Å². The molecule has 0 aliphatic heterocycles. The summed E-state index contributed by atoms with van der Waals surface area (Å²) in [6.07, 6.45) is 3.34. The van der Waals surface area contributed by atoms with Gasteiger partial charge in [0.05, 0.1) is 5.69 Å². The molecule has 0 aliphatic rings. The van der Waals surface area contributed by atoms with Crippen LogP contribution in [0.2, 0.25) is 0 Å². The van der Waals surface area contributed by atoms with Crippen molar-refractivity contribution in [1.29, 1.82) is 5.41 Å². The van der Waals surface area contributed by atoms with Crippen LogP contribution < -0.4 is 5.32 Å². The van der Waals surface area contributed by atoms with Crippen molar-refractivity contribution in [2.45, 2.75) is 6.92 Å². The van der Waals surface area contributed by atoms with Crippen LogP contribution in [0.15, 0.2) is 24.4 Å². The second kappa shape index (κ2) is 4.41. The molecule has 0 bridgehead atoms. The maximum absolute atomic E-state index is 7.41. The number of hydrogen-bond donors (Lipinski definition) is 2. The summed E-state index contributed by atoms with van der Waals surface area (Å²) in [5.41, 5.74) is 3.84. The van der Waals surface area contributed by atoms with E-state index in [-0.39, 0.29) is 0 Å². The van der Waals surface area contributed by atoms with Crippen LogP contribution in [0.25, 0.3) is 11.4 Å². The number of aromatic nitrogens is 2. The zero-order chi connectivity index (χ0) is 12.4. The zero-order valence-electron chi connectivity index (χ0n) is 10.3. The normalized spacial score (nSPS) is 10.3. The average molecular weight is 228 g/mol. The number of hydrogen-bond acceptors (Lipinski definition) is 3. The molecule has 2 N–H and O–H groups in total. The predicted octanol–water partition coefficient (Wildman–Crippen LogP) is 2.43. The minimum atomic E-state index is 0.866. The monoisotopic (exact) mass is 228 g/mol. The third kappa shape index (κ3) is 2.06. The Morgan fingerprint density at radius 1 is 1.41 bits per heavy atom. The minimum absolute atomic E-state index is 0.866. The molecule has 0 amide bonds. The van der Waals surface area contributed by atoms with E-state index in [2.05, 4.69) is 10.3 Å². The molecule has 2 rings (SSSR count). The van der Waals surface area contributed by atoms with Gasteiger partial charge in [-0.25, -0.2) is 4.98 Å². The van der Waals surface area contributed by atoms with E-state index in [1.165, 1.54) is 6.21 Å². The number of nitrogens with zero attached hydrogens (tertiary/aromatic N) is 2. The van der Waals surface area contributed by atoms with Crippen LogP contribution in [-0.2, 0) is 7.05 Å². The fourth-order valence-corrected chi connectivity index (χ4v) is 1.93. The fourth-order valence-electron chi connectivity index (χ4n) is 1.93. The summed E-state index contributed by atoms with van der Waals surface area (Å²) in [6.45, 7) is 1.98. The average Bonchev–Trinajstić information content (AvgIpc) is 2.67. The zero-order valence-corrected chi connectivity index (χ0v) is 10.3. The molecule has 1 heterocycles. The Hall–Kier alpha value is -2.10. The first-order chi connectivity index (χ1) is 8.15. The van der Waals surface area contributed by atoms with Crippen LogP contribution in [0.4, 0.5) is 5.69 Å². The molecule has 0 fully saturated rings. The summed E-state index contributed by atoms with van der Waals surface area (Å²) in [5, 5.41) is 10.5. The molecular weight excluding hydrogens is 212 g/mol. The molecule has 0 spiro atoms. The number of rotatable bonds is 3. The molecule has 0 aliphatic carbocycles. The largest absolute Gasteiger partial charge is 0.388 e. The second-order valence-corrected chi connectivity index (χ2v) is 4.01. The van der Waals surface area contributed by atoms with Crippen molar-refractivity contribution in [1.82, 2.24) is 9.55 Å². The third-order valence-electron chi connectivity index (χ3n) is 2.73. The fraction of sp³-hybridized carbons (Fsp3) is 0.231. The van der Waals surface area contributed by atoms with Crippen molar-refractivity contribution < 1.29 is 0 Å². The van der Waals surface area contributed by atoms with Gasteiger partial charge in [0, 0.05) is 43.3 Å². The van der Waals surface area contributed by atoms with Gasteiger partial charge in [0.2, 0.25) is 0 Å². The molecule has 1 aromatic carbocycles. The predicted molar refractivity (Wildman–Crippen MR) is 70.8 cm³/mol. The third-order valence-corrected chi connectivity index (χ3v) is 2.73. The van der Waals surface area contributed by atoms with Gasteiger partial charge in [0.15, 0.2) is 0 Å². The molecule has 17 heavy (non-hydrogen) atoms. The maximum Gasteiger partial charge on any atom is 0.139 e. The Morgan fingerprint density at radius 2 is 2.18 bits per heavy atom. The molecule has 0 atom stereocenters. The van der Waals surface area contributed by atoms with Gasteiger partial charge in [-0.05, 0) is 25.1 Å². The minimum Gasteiger partial charge on any atom is -0.388 e. The lowest BCUT2D eigenvalue weighted by Crippen LogP contribution is -1.97. The summed E-state index contributed by atoms with van der Waals surface area (Å²) in [7, 11) is 3.83. The van der Waals surface area contributed by atoms with E-state index < -0.39 is 0 Å². The standard InChI is InChI=1S/C13H16N4/c1-9-8-17(3)13(16-9)10-4-5-12(15-2)11(6-10)7-14/h4-8,14-15H,1-3H3. The molecule has 1 aromatic heterocycles. The number of benzene rings is 1. The topological polar surface area (TPSA) is 53.7 Å². The van der Waals surface area contributed by atoms with Crippen molar-refractivity contribution in [2.24, 2.45) is 7.05 Å². The van der Waals surface area contributed by atoms with Crippen LogP contribution in [0.5, 0.6) is 0 Å². The Morgan fingerprint density at radius 3 is 2.71 bits per heavy atom. The van der Waals surface area contributed by atoms with E-state index in [0.29, 0.717) is 0 Å². The highest BCUT2D eigenvalue weighted by atomic mass is 15.0. The Bertz CT molecular complexity index is 555. The van der Waals surface area contributed by atoms with Gasteiger partial charge in [0.25, 0.3) is 0 Å². The lowest BCUT2D eigenvalue weighted by Gasteiger charge is -2.07.